The van der Waals surface area contributed by atoms with Crippen LogP contribution in [0.5, 0.6) is 0 Å². The van der Waals surface area contributed by atoms with Crippen LogP contribution in [0.4, 0.5) is 0 Å². The molecule has 1 heterocycles. The highest BCUT2D eigenvalue weighted by molar-refractivity contribution is 5.97. The Kier molecular flexibility index (Phi) is 6.12. The highest BCUT2D eigenvalue weighted by Gasteiger charge is 2.17. The van der Waals surface area contributed by atoms with Crippen molar-refractivity contribution < 1.29 is 14.3 Å². The van der Waals surface area contributed by atoms with Crippen LogP contribution in [-0.2, 0) is 4.74 Å². The molecule has 1 aromatic rings. The zero-order valence-corrected chi connectivity index (χ0v) is 14.1. The molecular formula is C17H25N3O3. The Morgan fingerprint density at radius 3 is 2.48 bits per heavy atom. The first-order valence-electron chi connectivity index (χ1n) is 7.86. The lowest BCUT2D eigenvalue weighted by molar-refractivity contribution is 0.0600. The summed E-state index contributed by atoms with van der Waals surface area (Å²) in [5.41, 5.74) is 0.902. The van der Waals surface area contributed by atoms with Crippen LogP contribution < -0.4 is 0 Å². The minimum Gasteiger partial charge on any atom is -0.465 e. The molecular weight excluding hydrogens is 294 g/mol. The summed E-state index contributed by atoms with van der Waals surface area (Å²) < 4.78 is 4.69. The third-order valence-corrected chi connectivity index (χ3v) is 4.22. The predicted octanol–water partition coefficient (Wildman–Crippen LogP) is 0.793. The van der Waals surface area contributed by atoms with Crippen LogP contribution >= 0.6 is 0 Å². The fraction of sp³-hybridized carbons (Fsp3) is 0.529. The summed E-state index contributed by atoms with van der Waals surface area (Å²) >= 11 is 0. The topological polar surface area (TPSA) is 53.1 Å². The van der Waals surface area contributed by atoms with Gasteiger partial charge in [0.15, 0.2) is 0 Å². The van der Waals surface area contributed by atoms with E-state index in [0.29, 0.717) is 17.7 Å². The van der Waals surface area contributed by atoms with Gasteiger partial charge in [0, 0.05) is 51.9 Å². The van der Waals surface area contributed by atoms with Gasteiger partial charge >= 0.3 is 5.97 Å². The minimum atomic E-state index is -0.431. The number of methoxy groups -OCH3 is 1. The maximum absolute atomic E-state index is 12.5. The lowest BCUT2D eigenvalue weighted by Gasteiger charge is -2.33. The molecule has 0 saturated carbocycles. The van der Waals surface area contributed by atoms with E-state index >= 15 is 0 Å². The molecule has 126 valence electrons. The first-order valence-corrected chi connectivity index (χ1v) is 7.86. The Balaban J connectivity index is 1.90. The average Bonchev–Trinajstić information content (AvgIpc) is 2.59. The summed E-state index contributed by atoms with van der Waals surface area (Å²) in [6.07, 6.45) is 0. The Bertz CT molecular complexity index is 554. The molecule has 6 heteroatoms. The van der Waals surface area contributed by atoms with Gasteiger partial charge in [-0.2, -0.15) is 0 Å². The van der Waals surface area contributed by atoms with Crippen molar-refractivity contribution >= 4 is 11.9 Å². The van der Waals surface area contributed by atoms with Gasteiger partial charge in [0.05, 0.1) is 12.7 Å². The molecule has 0 spiro atoms. The van der Waals surface area contributed by atoms with E-state index in [1.165, 1.54) is 7.11 Å². The number of nitrogens with zero attached hydrogens (tertiary/aromatic N) is 3. The second kappa shape index (κ2) is 8.08. The number of rotatable bonds is 5. The molecule has 6 nitrogen and oxygen atoms in total. The molecule has 0 bridgehead atoms. The fourth-order valence-corrected chi connectivity index (χ4v) is 2.58. The third kappa shape index (κ3) is 4.77. The molecule has 0 unspecified atom stereocenters. The van der Waals surface area contributed by atoms with Crippen molar-refractivity contribution in [2.24, 2.45) is 0 Å². The number of likely N-dealkylation sites (N-methyl/N-ethyl adjacent to an activating group) is 2. The van der Waals surface area contributed by atoms with E-state index in [9.17, 15) is 9.59 Å². The lowest BCUT2D eigenvalue weighted by Crippen LogP contribution is -2.47. The zero-order chi connectivity index (χ0) is 16.8. The number of hydrogen-bond acceptors (Lipinski definition) is 5. The van der Waals surface area contributed by atoms with Gasteiger partial charge in [-0.3, -0.25) is 9.69 Å². The van der Waals surface area contributed by atoms with Crippen molar-refractivity contribution in [3.63, 3.8) is 0 Å². The van der Waals surface area contributed by atoms with Crippen molar-refractivity contribution in [3.05, 3.63) is 35.4 Å². The van der Waals surface area contributed by atoms with Crippen LogP contribution in [0.2, 0.25) is 0 Å². The van der Waals surface area contributed by atoms with E-state index in [1.54, 1.807) is 36.2 Å². The van der Waals surface area contributed by atoms with Crippen LogP contribution in [0.1, 0.15) is 20.7 Å². The van der Waals surface area contributed by atoms with Gasteiger partial charge in [0.1, 0.15) is 0 Å². The van der Waals surface area contributed by atoms with E-state index in [4.69, 9.17) is 4.74 Å². The number of carbonyl (C=O) groups is 2. The van der Waals surface area contributed by atoms with Crippen molar-refractivity contribution in [1.29, 1.82) is 0 Å². The average molecular weight is 319 g/mol. The quantitative estimate of drug-likeness (QED) is 0.751. The van der Waals surface area contributed by atoms with Gasteiger partial charge < -0.3 is 14.5 Å². The Hall–Kier alpha value is -1.92. The van der Waals surface area contributed by atoms with Gasteiger partial charge in [-0.1, -0.05) is 6.07 Å². The molecule has 0 atom stereocenters. The van der Waals surface area contributed by atoms with Gasteiger partial charge in [-0.05, 0) is 25.2 Å². The van der Waals surface area contributed by atoms with Crippen LogP contribution in [0.25, 0.3) is 0 Å². The van der Waals surface area contributed by atoms with Crippen molar-refractivity contribution in [1.82, 2.24) is 14.7 Å². The summed E-state index contributed by atoms with van der Waals surface area (Å²) in [6, 6.07) is 6.66. The number of ether oxygens (including phenoxy) is 1. The summed E-state index contributed by atoms with van der Waals surface area (Å²) in [5.74, 6) is -0.510. The largest absolute Gasteiger partial charge is 0.465 e. The van der Waals surface area contributed by atoms with Crippen LogP contribution in [0, 0.1) is 0 Å². The number of amides is 1. The highest BCUT2D eigenvalue weighted by atomic mass is 16.5. The molecule has 23 heavy (non-hydrogen) atoms. The number of piperazine rings is 1. The molecule has 0 aliphatic carbocycles. The standard InChI is InChI=1S/C17H25N3O3/c1-18-7-10-20(11-8-18)12-9-19(2)16(21)14-5-4-6-15(13-14)17(22)23-3/h4-6,13H,7-12H2,1-3H3. The van der Waals surface area contributed by atoms with E-state index < -0.39 is 5.97 Å². The molecule has 0 aromatic heterocycles. The molecule has 1 aliphatic rings. The number of benzene rings is 1. The van der Waals surface area contributed by atoms with Crippen LogP contribution in [-0.4, -0.2) is 87.0 Å². The number of hydrogen-bond donors (Lipinski definition) is 0. The molecule has 1 amide bonds. The molecule has 0 radical (unpaired) electrons. The Labute approximate surface area is 137 Å². The molecule has 1 fully saturated rings. The maximum atomic E-state index is 12.5. The van der Waals surface area contributed by atoms with Crippen LogP contribution in [0.15, 0.2) is 24.3 Å². The summed E-state index contributed by atoms with van der Waals surface area (Å²) in [6.45, 7) is 5.75. The lowest BCUT2D eigenvalue weighted by atomic mass is 10.1. The van der Waals surface area contributed by atoms with E-state index in [-0.39, 0.29) is 5.91 Å². The third-order valence-electron chi connectivity index (χ3n) is 4.22. The smallest absolute Gasteiger partial charge is 0.337 e. The zero-order valence-electron chi connectivity index (χ0n) is 14.1. The molecule has 1 aliphatic heterocycles. The maximum Gasteiger partial charge on any atom is 0.337 e. The SMILES string of the molecule is COC(=O)c1cccc(C(=O)N(C)CCN2CCN(C)CC2)c1. The first-order chi connectivity index (χ1) is 11.0. The van der Waals surface area contributed by atoms with Crippen LogP contribution in [0.3, 0.4) is 0 Å². The van der Waals surface area contributed by atoms with E-state index in [2.05, 4.69) is 16.8 Å². The molecule has 1 saturated heterocycles. The monoisotopic (exact) mass is 319 g/mol. The van der Waals surface area contributed by atoms with E-state index in [1.807, 2.05) is 0 Å². The highest BCUT2D eigenvalue weighted by Crippen LogP contribution is 2.09. The normalized spacial score (nSPS) is 16.1. The van der Waals surface area contributed by atoms with Gasteiger partial charge in [0.25, 0.3) is 5.91 Å². The summed E-state index contributed by atoms with van der Waals surface area (Å²) in [5, 5.41) is 0. The summed E-state index contributed by atoms with van der Waals surface area (Å²) in [7, 11) is 5.25. The summed E-state index contributed by atoms with van der Waals surface area (Å²) in [4.78, 5) is 30.4. The number of carbonyl (C=O) groups excluding carboxylic acids is 2. The first kappa shape index (κ1) is 17.4. The second-order valence-corrected chi connectivity index (χ2v) is 5.94. The molecule has 0 N–H and O–H groups in total. The predicted molar refractivity (Wildman–Crippen MR) is 88.7 cm³/mol. The van der Waals surface area contributed by atoms with Crippen molar-refractivity contribution in [2.45, 2.75) is 0 Å². The Morgan fingerprint density at radius 1 is 1.17 bits per heavy atom. The van der Waals surface area contributed by atoms with E-state index in [0.717, 1.165) is 32.7 Å². The van der Waals surface area contributed by atoms with Gasteiger partial charge in [0.2, 0.25) is 0 Å². The van der Waals surface area contributed by atoms with Crippen molar-refractivity contribution in [2.75, 3.05) is 60.5 Å². The van der Waals surface area contributed by atoms with Crippen molar-refractivity contribution in [3.8, 4) is 0 Å². The second-order valence-electron chi connectivity index (χ2n) is 5.94. The van der Waals surface area contributed by atoms with Gasteiger partial charge in [-0.25, -0.2) is 4.79 Å². The molecule has 2 rings (SSSR count). The fourth-order valence-electron chi connectivity index (χ4n) is 2.58. The van der Waals surface area contributed by atoms with Gasteiger partial charge in [-0.15, -0.1) is 0 Å². The minimum absolute atomic E-state index is 0.0788. The Morgan fingerprint density at radius 2 is 1.83 bits per heavy atom. The molecule has 1 aromatic carbocycles. The number of esters is 1.